The van der Waals surface area contributed by atoms with E-state index in [-0.39, 0.29) is 5.92 Å². The molecule has 0 saturated carbocycles. The quantitative estimate of drug-likeness (QED) is 0.561. The van der Waals surface area contributed by atoms with Crippen molar-refractivity contribution in [2.45, 2.75) is 6.42 Å². The van der Waals surface area contributed by atoms with Crippen LogP contribution in [0.1, 0.15) is 6.42 Å². The molecule has 0 aromatic carbocycles. The van der Waals surface area contributed by atoms with Gasteiger partial charge in [-0.1, -0.05) is 6.08 Å². The molecule has 2 aliphatic rings. The van der Waals surface area contributed by atoms with Gasteiger partial charge in [-0.2, -0.15) is 0 Å². The van der Waals surface area contributed by atoms with Gasteiger partial charge in [0.1, 0.15) is 18.7 Å². The van der Waals surface area contributed by atoms with Gasteiger partial charge in [0.15, 0.2) is 0 Å². The Labute approximate surface area is 77.7 Å². The van der Waals surface area contributed by atoms with E-state index in [1.807, 2.05) is 13.1 Å². The van der Waals surface area contributed by atoms with Crippen LogP contribution in [-0.4, -0.2) is 31.4 Å². The fraction of sp³-hybridized carbons (Fsp3) is 0.500. The van der Waals surface area contributed by atoms with E-state index in [4.69, 9.17) is 4.74 Å². The molecule has 0 N–H and O–H groups in total. The summed E-state index contributed by atoms with van der Waals surface area (Å²) in [5.74, 6) is 0.877. The first-order valence-electron chi connectivity index (χ1n) is 4.53. The maximum absolute atomic E-state index is 10.6. The molecule has 0 aromatic rings. The summed E-state index contributed by atoms with van der Waals surface area (Å²) in [6.07, 6.45) is 5.76. The number of ether oxygens (including phenoxy) is 1. The van der Waals surface area contributed by atoms with Crippen molar-refractivity contribution in [1.82, 2.24) is 4.90 Å². The highest BCUT2D eigenvalue weighted by Gasteiger charge is 2.22. The van der Waals surface area contributed by atoms with Crippen molar-refractivity contribution in [3.63, 3.8) is 0 Å². The Morgan fingerprint density at radius 1 is 1.69 bits per heavy atom. The predicted molar refractivity (Wildman–Crippen MR) is 48.9 cm³/mol. The lowest BCUT2D eigenvalue weighted by molar-refractivity contribution is -0.110. The Hall–Kier alpha value is -1.25. The molecule has 1 aliphatic heterocycles. The highest BCUT2D eigenvalue weighted by molar-refractivity contribution is 5.59. The fourth-order valence-corrected chi connectivity index (χ4v) is 1.67. The van der Waals surface area contributed by atoms with Gasteiger partial charge < -0.3 is 14.4 Å². The van der Waals surface area contributed by atoms with Crippen LogP contribution < -0.4 is 0 Å². The van der Waals surface area contributed by atoms with Crippen molar-refractivity contribution in [3.05, 3.63) is 23.6 Å². The number of morpholine rings is 1. The molecule has 70 valence electrons. The Morgan fingerprint density at radius 3 is 3.31 bits per heavy atom. The zero-order valence-electron chi connectivity index (χ0n) is 7.69. The minimum atomic E-state index is 0.00486. The van der Waals surface area contributed by atoms with E-state index in [2.05, 4.69) is 11.0 Å². The molecule has 1 aliphatic carbocycles. The van der Waals surface area contributed by atoms with Crippen molar-refractivity contribution in [3.8, 4) is 0 Å². The molecular weight excluding hydrogens is 166 g/mol. The van der Waals surface area contributed by atoms with Crippen molar-refractivity contribution in [1.29, 1.82) is 0 Å². The summed E-state index contributed by atoms with van der Waals surface area (Å²) in [5, 5.41) is 0. The molecule has 2 rings (SSSR count). The van der Waals surface area contributed by atoms with Gasteiger partial charge in [-0.05, 0) is 12.5 Å². The summed E-state index contributed by atoms with van der Waals surface area (Å²) in [6.45, 7) is 1.64. The molecule has 1 unspecified atom stereocenters. The smallest absolute Gasteiger partial charge is 0.139 e. The fourth-order valence-electron chi connectivity index (χ4n) is 1.67. The Kier molecular flexibility index (Phi) is 2.08. The highest BCUT2D eigenvalue weighted by Crippen LogP contribution is 2.27. The van der Waals surface area contributed by atoms with Crippen LogP contribution in [0.15, 0.2) is 23.6 Å². The van der Waals surface area contributed by atoms with E-state index in [1.54, 1.807) is 0 Å². The molecule has 1 saturated heterocycles. The van der Waals surface area contributed by atoms with Gasteiger partial charge in [-0.15, -0.1) is 0 Å². The van der Waals surface area contributed by atoms with Crippen LogP contribution in [0.25, 0.3) is 0 Å². The number of hydrogen-bond acceptors (Lipinski definition) is 3. The molecule has 0 amide bonds. The van der Waals surface area contributed by atoms with Gasteiger partial charge in [0.25, 0.3) is 0 Å². The zero-order valence-corrected chi connectivity index (χ0v) is 7.69. The lowest BCUT2D eigenvalue weighted by Crippen LogP contribution is -2.31. The molecule has 13 heavy (non-hydrogen) atoms. The summed E-state index contributed by atoms with van der Waals surface area (Å²) in [5.41, 5.74) is 1.13. The number of nitrogens with zero attached hydrogens (tertiary/aromatic N) is 1. The number of hydrogen-bond donors (Lipinski definition) is 0. The number of rotatable bonds is 1. The van der Waals surface area contributed by atoms with Crippen LogP contribution in [-0.2, 0) is 9.53 Å². The van der Waals surface area contributed by atoms with Gasteiger partial charge in [0.05, 0.1) is 12.2 Å². The van der Waals surface area contributed by atoms with Gasteiger partial charge in [0.2, 0.25) is 0 Å². The van der Waals surface area contributed by atoms with Crippen LogP contribution in [0.4, 0.5) is 0 Å². The predicted octanol–water partition coefficient (Wildman–Crippen LogP) is 0.935. The second-order valence-corrected chi connectivity index (χ2v) is 3.43. The molecule has 0 bridgehead atoms. The summed E-state index contributed by atoms with van der Waals surface area (Å²) in [4.78, 5) is 12.7. The third kappa shape index (κ3) is 1.46. The average molecular weight is 179 g/mol. The van der Waals surface area contributed by atoms with E-state index < -0.39 is 0 Å². The second kappa shape index (κ2) is 3.24. The molecule has 3 nitrogen and oxygen atoms in total. The summed E-state index contributed by atoms with van der Waals surface area (Å²) in [7, 11) is 2.05. The molecule has 1 fully saturated rings. The van der Waals surface area contributed by atoms with E-state index >= 15 is 0 Å². The average Bonchev–Trinajstić information content (AvgIpc) is 2.18. The number of carbonyl (C=O) groups excluding carboxylic acids is 1. The summed E-state index contributed by atoms with van der Waals surface area (Å²) < 4.78 is 5.48. The van der Waals surface area contributed by atoms with E-state index in [0.717, 1.165) is 30.7 Å². The largest absolute Gasteiger partial charge is 0.490 e. The van der Waals surface area contributed by atoms with E-state index in [1.165, 1.54) is 0 Å². The van der Waals surface area contributed by atoms with Gasteiger partial charge >= 0.3 is 0 Å². The minimum absolute atomic E-state index is 0.00486. The SMILES string of the molecule is CN1CCOC2=CC(C=O)CC=C21. The first-order chi connectivity index (χ1) is 6.31. The zero-order chi connectivity index (χ0) is 9.26. The normalized spacial score (nSPS) is 26.8. The van der Waals surface area contributed by atoms with Crippen LogP contribution in [0, 0.1) is 5.92 Å². The van der Waals surface area contributed by atoms with Gasteiger partial charge in [0, 0.05) is 13.0 Å². The van der Waals surface area contributed by atoms with Crippen molar-refractivity contribution in [2.24, 2.45) is 5.92 Å². The lowest BCUT2D eigenvalue weighted by atomic mass is 9.98. The molecular formula is C10H13NO2. The first-order valence-corrected chi connectivity index (χ1v) is 4.53. The maximum Gasteiger partial charge on any atom is 0.139 e. The third-order valence-electron chi connectivity index (χ3n) is 2.47. The van der Waals surface area contributed by atoms with Crippen molar-refractivity contribution < 1.29 is 9.53 Å². The second-order valence-electron chi connectivity index (χ2n) is 3.43. The Bertz CT molecular complexity index is 281. The number of allylic oxidation sites excluding steroid dienone is 2. The molecule has 1 heterocycles. The van der Waals surface area contributed by atoms with Crippen LogP contribution in [0.5, 0.6) is 0 Å². The van der Waals surface area contributed by atoms with E-state index in [0.29, 0.717) is 6.61 Å². The minimum Gasteiger partial charge on any atom is -0.490 e. The lowest BCUT2D eigenvalue weighted by Gasteiger charge is -2.32. The monoisotopic (exact) mass is 179 g/mol. The summed E-state index contributed by atoms with van der Waals surface area (Å²) in [6, 6.07) is 0. The van der Waals surface area contributed by atoms with Crippen molar-refractivity contribution in [2.75, 3.05) is 20.2 Å². The highest BCUT2D eigenvalue weighted by atomic mass is 16.5. The van der Waals surface area contributed by atoms with Crippen LogP contribution in [0.2, 0.25) is 0 Å². The molecule has 0 aromatic heterocycles. The molecule has 0 radical (unpaired) electrons. The molecule has 0 spiro atoms. The van der Waals surface area contributed by atoms with Gasteiger partial charge in [-0.25, -0.2) is 0 Å². The Morgan fingerprint density at radius 2 is 2.54 bits per heavy atom. The number of likely N-dealkylation sites (N-methyl/N-ethyl adjacent to an activating group) is 1. The Balaban J connectivity index is 2.22. The number of aldehydes is 1. The third-order valence-corrected chi connectivity index (χ3v) is 2.47. The first kappa shape index (κ1) is 8.35. The van der Waals surface area contributed by atoms with Crippen LogP contribution >= 0.6 is 0 Å². The van der Waals surface area contributed by atoms with Crippen LogP contribution in [0.3, 0.4) is 0 Å². The number of fused-ring (bicyclic) bond motifs is 1. The standard InChI is InChI=1S/C10H13NO2/c1-11-4-5-13-10-6-8(7-12)2-3-9(10)11/h3,6-8H,2,4-5H2,1H3. The topological polar surface area (TPSA) is 29.5 Å². The molecule has 1 atom stereocenters. The van der Waals surface area contributed by atoms with Gasteiger partial charge in [-0.3, -0.25) is 0 Å². The number of carbonyl (C=O) groups is 1. The van der Waals surface area contributed by atoms with Crippen molar-refractivity contribution >= 4 is 6.29 Å². The molecule has 3 heteroatoms. The maximum atomic E-state index is 10.6. The summed E-state index contributed by atoms with van der Waals surface area (Å²) >= 11 is 0. The van der Waals surface area contributed by atoms with E-state index in [9.17, 15) is 4.79 Å².